The number of aromatic nitrogens is 1. The van der Waals surface area contributed by atoms with Crippen molar-refractivity contribution in [2.45, 2.75) is 6.18 Å². The predicted molar refractivity (Wildman–Crippen MR) is 65.2 cm³/mol. The fourth-order valence-corrected chi connectivity index (χ4v) is 1.52. The molecule has 1 aromatic carbocycles. The fourth-order valence-electron chi connectivity index (χ4n) is 1.52. The smallest absolute Gasteiger partial charge is 0.416 e. The third-order valence-corrected chi connectivity index (χ3v) is 2.49. The van der Waals surface area contributed by atoms with Gasteiger partial charge in [0.25, 0.3) is 0 Å². The van der Waals surface area contributed by atoms with Crippen molar-refractivity contribution in [1.29, 1.82) is 0 Å². The molecular formula is C13H9F5N2O. The molecule has 2 aromatic rings. The molecule has 0 fully saturated rings. The molecule has 1 N–H and O–H groups in total. The maximum Gasteiger partial charge on any atom is 0.416 e. The Balaban J connectivity index is 2.42. The number of halogens is 5. The fraction of sp³-hybridized carbons (Fsp3) is 0.154. The monoisotopic (exact) mass is 304 g/mol. The Hall–Kier alpha value is -2.38. The minimum absolute atomic E-state index is 0.114. The topological polar surface area (TPSA) is 34.1 Å². The number of alkyl halides is 3. The molecule has 2 rings (SSSR count). The number of rotatable bonds is 3. The number of anilines is 1. The predicted octanol–water partition coefficient (Wildman–Crippen LogP) is 4.21. The summed E-state index contributed by atoms with van der Waals surface area (Å²) in [4.78, 5) is 3.71. The zero-order chi connectivity index (χ0) is 15.6. The molecule has 3 nitrogen and oxygen atoms in total. The molecular weight excluding hydrogens is 295 g/mol. The van der Waals surface area contributed by atoms with Crippen molar-refractivity contribution in [1.82, 2.24) is 4.98 Å². The van der Waals surface area contributed by atoms with E-state index in [0.29, 0.717) is 6.07 Å². The second-order valence-corrected chi connectivity index (χ2v) is 4.00. The number of ether oxygens (including phenoxy) is 1. The maximum absolute atomic E-state index is 13.4. The summed E-state index contributed by atoms with van der Waals surface area (Å²) in [5.41, 5.74) is -1.02. The van der Waals surface area contributed by atoms with Crippen molar-refractivity contribution in [3.8, 4) is 11.6 Å². The van der Waals surface area contributed by atoms with Crippen LogP contribution in [-0.4, -0.2) is 12.0 Å². The Kier molecular flexibility index (Phi) is 3.97. The lowest BCUT2D eigenvalue weighted by molar-refractivity contribution is -0.137. The Morgan fingerprint density at radius 3 is 2.43 bits per heavy atom. The average molecular weight is 304 g/mol. The van der Waals surface area contributed by atoms with Gasteiger partial charge in [0.05, 0.1) is 5.56 Å². The molecule has 0 spiro atoms. The van der Waals surface area contributed by atoms with E-state index in [0.717, 1.165) is 24.3 Å². The number of pyridine rings is 1. The lowest BCUT2D eigenvalue weighted by atomic mass is 10.2. The Labute approximate surface area is 116 Å². The van der Waals surface area contributed by atoms with E-state index in [1.807, 2.05) is 0 Å². The van der Waals surface area contributed by atoms with E-state index < -0.39 is 35.0 Å². The highest BCUT2D eigenvalue weighted by atomic mass is 19.4. The largest absolute Gasteiger partial charge is 0.436 e. The zero-order valence-electron chi connectivity index (χ0n) is 10.6. The lowest BCUT2D eigenvalue weighted by Gasteiger charge is -2.12. The Morgan fingerprint density at radius 2 is 1.81 bits per heavy atom. The lowest BCUT2D eigenvalue weighted by Crippen LogP contribution is -2.07. The zero-order valence-corrected chi connectivity index (χ0v) is 10.6. The standard InChI is InChI=1S/C13H9F5N2O/c1-19-11-4-7(13(16,17)18)5-12(20-11)21-10-6-8(14)2-3-9(10)15/h2-6H,1H3,(H,19,20). The molecule has 1 heterocycles. The Bertz CT molecular complexity index is 657. The quantitative estimate of drug-likeness (QED) is 0.862. The van der Waals surface area contributed by atoms with Crippen LogP contribution in [0.1, 0.15) is 5.56 Å². The average Bonchev–Trinajstić information content (AvgIpc) is 2.41. The minimum Gasteiger partial charge on any atom is -0.436 e. The van der Waals surface area contributed by atoms with Crippen LogP contribution in [0, 0.1) is 11.6 Å². The Morgan fingerprint density at radius 1 is 1.10 bits per heavy atom. The van der Waals surface area contributed by atoms with Crippen LogP contribution < -0.4 is 10.1 Å². The molecule has 0 aliphatic carbocycles. The van der Waals surface area contributed by atoms with E-state index in [4.69, 9.17) is 4.74 Å². The van der Waals surface area contributed by atoms with Gasteiger partial charge in [-0.15, -0.1) is 0 Å². The minimum atomic E-state index is -4.62. The summed E-state index contributed by atoms with van der Waals surface area (Å²) in [5, 5.41) is 2.43. The van der Waals surface area contributed by atoms with E-state index >= 15 is 0 Å². The van der Waals surface area contributed by atoms with Crippen LogP contribution in [0.4, 0.5) is 27.8 Å². The molecule has 0 aliphatic rings. The first-order valence-corrected chi connectivity index (χ1v) is 5.69. The second kappa shape index (κ2) is 5.55. The molecule has 0 atom stereocenters. The molecule has 0 saturated heterocycles. The number of nitrogens with zero attached hydrogens (tertiary/aromatic N) is 1. The first-order valence-electron chi connectivity index (χ1n) is 5.69. The molecule has 1 aromatic heterocycles. The highest BCUT2D eigenvalue weighted by molar-refractivity contribution is 5.43. The van der Waals surface area contributed by atoms with Gasteiger partial charge in [-0.3, -0.25) is 0 Å². The molecule has 21 heavy (non-hydrogen) atoms. The van der Waals surface area contributed by atoms with E-state index in [1.54, 1.807) is 0 Å². The van der Waals surface area contributed by atoms with Crippen LogP contribution in [0.25, 0.3) is 0 Å². The highest BCUT2D eigenvalue weighted by Crippen LogP contribution is 2.34. The van der Waals surface area contributed by atoms with E-state index in [1.165, 1.54) is 7.05 Å². The van der Waals surface area contributed by atoms with Crippen molar-refractivity contribution < 1.29 is 26.7 Å². The van der Waals surface area contributed by atoms with Gasteiger partial charge >= 0.3 is 6.18 Å². The number of hydrogen-bond acceptors (Lipinski definition) is 3. The SMILES string of the molecule is CNc1cc(C(F)(F)F)cc(Oc2cc(F)ccc2F)n1. The summed E-state index contributed by atoms with van der Waals surface area (Å²) >= 11 is 0. The summed E-state index contributed by atoms with van der Waals surface area (Å²) in [5.74, 6) is -2.87. The van der Waals surface area contributed by atoms with E-state index in [-0.39, 0.29) is 5.82 Å². The van der Waals surface area contributed by atoms with Crippen molar-refractivity contribution in [2.24, 2.45) is 0 Å². The third kappa shape index (κ3) is 3.59. The first kappa shape index (κ1) is 15.0. The molecule has 0 saturated carbocycles. The molecule has 0 aliphatic heterocycles. The molecule has 8 heteroatoms. The third-order valence-electron chi connectivity index (χ3n) is 2.49. The normalized spacial score (nSPS) is 11.3. The summed E-state index contributed by atoms with van der Waals surface area (Å²) in [6.45, 7) is 0. The second-order valence-electron chi connectivity index (χ2n) is 4.00. The van der Waals surface area contributed by atoms with E-state index in [2.05, 4.69) is 10.3 Å². The van der Waals surface area contributed by atoms with Crippen LogP contribution in [0.15, 0.2) is 30.3 Å². The summed E-state index contributed by atoms with van der Waals surface area (Å²) in [7, 11) is 1.37. The molecule has 0 bridgehead atoms. The number of nitrogens with one attached hydrogen (secondary N) is 1. The highest BCUT2D eigenvalue weighted by Gasteiger charge is 2.32. The molecule has 0 unspecified atom stereocenters. The van der Waals surface area contributed by atoms with Gasteiger partial charge in [-0.25, -0.2) is 8.78 Å². The van der Waals surface area contributed by atoms with Crippen molar-refractivity contribution in [2.75, 3.05) is 12.4 Å². The van der Waals surface area contributed by atoms with Crippen molar-refractivity contribution in [3.05, 3.63) is 47.5 Å². The summed E-state index contributed by atoms with van der Waals surface area (Å²) in [6, 6.07) is 3.76. The van der Waals surface area contributed by atoms with Gasteiger partial charge in [0.2, 0.25) is 5.88 Å². The van der Waals surface area contributed by atoms with Gasteiger partial charge in [0, 0.05) is 19.2 Å². The maximum atomic E-state index is 13.4. The molecule has 0 amide bonds. The van der Waals surface area contributed by atoms with Gasteiger partial charge in [0.15, 0.2) is 11.6 Å². The van der Waals surface area contributed by atoms with Gasteiger partial charge in [0.1, 0.15) is 11.6 Å². The number of benzene rings is 1. The van der Waals surface area contributed by atoms with Crippen LogP contribution in [0.3, 0.4) is 0 Å². The summed E-state index contributed by atoms with van der Waals surface area (Å²) < 4.78 is 69.5. The van der Waals surface area contributed by atoms with Crippen LogP contribution in [0.2, 0.25) is 0 Å². The van der Waals surface area contributed by atoms with E-state index in [9.17, 15) is 22.0 Å². The van der Waals surface area contributed by atoms with Crippen molar-refractivity contribution in [3.63, 3.8) is 0 Å². The van der Waals surface area contributed by atoms with Crippen LogP contribution in [0.5, 0.6) is 11.6 Å². The van der Waals surface area contributed by atoms with Gasteiger partial charge in [-0.1, -0.05) is 0 Å². The molecule has 112 valence electrons. The molecule has 0 radical (unpaired) electrons. The van der Waals surface area contributed by atoms with Crippen LogP contribution in [-0.2, 0) is 6.18 Å². The van der Waals surface area contributed by atoms with Crippen molar-refractivity contribution >= 4 is 5.82 Å². The van der Waals surface area contributed by atoms with Gasteiger partial charge in [-0.2, -0.15) is 18.2 Å². The van der Waals surface area contributed by atoms with Gasteiger partial charge < -0.3 is 10.1 Å². The van der Waals surface area contributed by atoms with Crippen LogP contribution >= 0.6 is 0 Å². The number of hydrogen-bond donors (Lipinski definition) is 1. The first-order chi connectivity index (χ1) is 9.79. The van der Waals surface area contributed by atoms with Gasteiger partial charge in [-0.05, 0) is 18.2 Å². The summed E-state index contributed by atoms with van der Waals surface area (Å²) in [6.07, 6.45) is -4.62.